The summed E-state index contributed by atoms with van der Waals surface area (Å²) < 4.78 is 13.0. The highest BCUT2D eigenvalue weighted by Crippen LogP contribution is 2.21. The van der Waals surface area contributed by atoms with Crippen molar-refractivity contribution in [2.24, 2.45) is 0 Å². The lowest BCUT2D eigenvalue weighted by Gasteiger charge is -2.23. The minimum atomic E-state index is -0.384. The molecule has 3 nitrogen and oxygen atoms in total. The average Bonchev–Trinajstić information content (AvgIpc) is 2.78. The van der Waals surface area contributed by atoms with Crippen molar-refractivity contribution >= 4 is 0 Å². The molecule has 1 aromatic rings. The van der Waals surface area contributed by atoms with Gasteiger partial charge in [0.15, 0.2) is 0 Å². The van der Waals surface area contributed by atoms with E-state index >= 15 is 0 Å². The third-order valence-electron chi connectivity index (χ3n) is 3.28. The molecule has 1 heterocycles. The Balaban J connectivity index is 2.16. The number of nitrogens with zero attached hydrogens (tertiary/aromatic N) is 2. The van der Waals surface area contributed by atoms with Crippen LogP contribution in [-0.4, -0.2) is 29.2 Å². The Morgan fingerprint density at radius 3 is 3.06 bits per heavy atom. The molecule has 0 spiro atoms. The van der Waals surface area contributed by atoms with Crippen molar-refractivity contribution < 1.29 is 9.50 Å². The molecule has 1 aromatic carbocycles. The Kier molecular flexibility index (Phi) is 3.72. The maximum atomic E-state index is 13.0. The van der Waals surface area contributed by atoms with Crippen LogP contribution in [0.3, 0.4) is 0 Å². The molecule has 1 unspecified atom stereocenters. The largest absolute Gasteiger partial charge is 0.395 e. The number of hydrogen-bond acceptors (Lipinski definition) is 3. The van der Waals surface area contributed by atoms with Gasteiger partial charge in [0.25, 0.3) is 0 Å². The van der Waals surface area contributed by atoms with Crippen LogP contribution >= 0.6 is 0 Å². The van der Waals surface area contributed by atoms with Crippen LogP contribution in [0.25, 0.3) is 0 Å². The molecule has 1 atom stereocenters. The first kappa shape index (κ1) is 12.0. The minimum absolute atomic E-state index is 0.142. The van der Waals surface area contributed by atoms with Crippen molar-refractivity contribution in [2.45, 2.75) is 25.4 Å². The van der Waals surface area contributed by atoms with Crippen LogP contribution in [0.2, 0.25) is 0 Å². The van der Waals surface area contributed by atoms with Crippen LogP contribution in [-0.2, 0) is 6.54 Å². The van der Waals surface area contributed by atoms with Crippen LogP contribution in [0.1, 0.15) is 24.0 Å². The zero-order chi connectivity index (χ0) is 12.3. The molecule has 0 aromatic heterocycles. The molecule has 17 heavy (non-hydrogen) atoms. The Bertz CT molecular complexity index is 442. The summed E-state index contributed by atoms with van der Waals surface area (Å²) >= 11 is 0. The summed E-state index contributed by atoms with van der Waals surface area (Å²) in [6, 6.07) is 6.48. The van der Waals surface area contributed by atoms with Crippen LogP contribution in [0.4, 0.5) is 4.39 Å². The molecule has 0 saturated carbocycles. The molecule has 90 valence electrons. The number of benzene rings is 1. The van der Waals surface area contributed by atoms with E-state index in [2.05, 4.69) is 4.90 Å². The first-order chi connectivity index (χ1) is 8.24. The van der Waals surface area contributed by atoms with Crippen LogP contribution in [0.15, 0.2) is 18.2 Å². The highest BCUT2D eigenvalue weighted by Gasteiger charge is 2.24. The van der Waals surface area contributed by atoms with E-state index in [4.69, 9.17) is 5.26 Å². The standard InChI is InChI=1S/C13H15FN2O/c14-12-4-3-10(11(6-12)7-15)8-16-5-1-2-13(16)9-17/h3-4,6,13,17H,1-2,5,8-9H2. The molecule has 1 saturated heterocycles. The summed E-state index contributed by atoms with van der Waals surface area (Å²) in [6.07, 6.45) is 2.05. The number of hydrogen-bond donors (Lipinski definition) is 1. The average molecular weight is 234 g/mol. The quantitative estimate of drug-likeness (QED) is 0.865. The van der Waals surface area contributed by atoms with Gasteiger partial charge in [-0.05, 0) is 37.1 Å². The van der Waals surface area contributed by atoms with Gasteiger partial charge >= 0.3 is 0 Å². The number of halogens is 1. The molecular weight excluding hydrogens is 219 g/mol. The highest BCUT2D eigenvalue weighted by atomic mass is 19.1. The summed E-state index contributed by atoms with van der Waals surface area (Å²) in [6.45, 7) is 1.67. The molecule has 0 bridgehead atoms. The molecule has 1 aliphatic heterocycles. The Hall–Kier alpha value is -1.44. The van der Waals surface area contributed by atoms with Gasteiger partial charge < -0.3 is 5.11 Å². The van der Waals surface area contributed by atoms with Crippen molar-refractivity contribution in [3.63, 3.8) is 0 Å². The van der Waals surface area contributed by atoms with Gasteiger partial charge in [-0.1, -0.05) is 6.07 Å². The van der Waals surface area contributed by atoms with Crippen molar-refractivity contribution in [1.82, 2.24) is 4.90 Å². The van der Waals surface area contributed by atoms with Crippen molar-refractivity contribution in [2.75, 3.05) is 13.2 Å². The van der Waals surface area contributed by atoms with E-state index in [0.29, 0.717) is 12.1 Å². The SMILES string of the molecule is N#Cc1cc(F)ccc1CN1CCCC1CO. The number of aliphatic hydroxyl groups is 1. The summed E-state index contributed by atoms with van der Waals surface area (Å²) in [7, 11) is 0. The predicted octanol–water partition coefficient (Wildman–Crippen LogP) is 1.65. The van der Waals surface area contributed by atoms with Gasteiger partial charge in [0, 0.05) is 12.6 Å². The molecule has 4 heteroatoms. The van der Waals surface area contributed by atoms with Gasteiger partial charge in [0.1, 0.15) is 5.82 Å². The van der Waals surface area contributed by atoms with E-state index in [1.807, 2.05) is 6.07 Å². The van der Waals surface area contributed by atoms with Gasteiger partial charge in [0.05, 0.1) is 18.2 Å². The fraction of sp³-hybridized carbons (Fsp3) is 0.462. The fourth-order valence-corrected chi connectivity index (χ4v) is 2.32. The van der Waals surface area contributed by atoms with E-state index in [-0.39, 0.29) is 18.5 Å². The normalized spacial score (nSPS) is 20.4. The molecule has 0 amide bonds. The van der Waals surface area contributed by atoms with Gasteiger partial charge in [-0.3, -0.25) is 4.90 Å². The molecule has 0 aliphatic carbocycles. The van der Waals surface area contributed by atoms with Crippen molar-refractivity contribution in [1.29, 1.82) is 5.26 Å². The first-order valence-corrected chi connectivity index (χ1v) is 5.78. The van der Waals surface area contributed by atoms with Crippen LogP contribution in [0.5, 0.6) is 0 Å². The number of aliphatic hydroxyl groups excluding tert-OH is 1. The second-order valence-corrected chi connectivity index (χ2v) is 4.36. The van der Waals surface area contributed by atoms with Crippen LogP contribution < -0.4 is 0 Å². The van der Waals surface area contributed by atoms with Crippen LogP contribution in [0, 0.1) is 17.1 Å². The van der Waals surface area contributed by atoms with Gasteiger partial charge in [-0.2, -0.15) is 5.26 Å². The molecule has 1 N–H and O–H groups in total. The summed E-state index contributed by atoms with van der Waals surface area (Å²) in [5, 5.41) is 18.2. The second-order valence-electron chi connectivity index (χ2n) is 4.36. The number of likely N-dealkylation sites (tertiary alicyclic amines) is 1. The maximum absolute atomic E-state index is 13.0. The van der Waals surface area contributed by atoms with E-state index in [1.165, 1.54) is 12.1 Å². The van der Waals surface area contributed by atoms with Gasteiger partial charge in [-0.25, -0.2) is 4.39 Å². The first-order valence-electron chi connectivity index (χ1n) is 5.78. The fourth-order valence-electron chi connectivity index (χ4n) is 2.32. The van der Waals surface area contributed by atoms with Crippen molar-refractivity contribution in [3.05, 3.63) is 35.1 Å². The lowest BCUT2D eigenvalue weighted by Crippen LogP contribution is -2.31. The van der Waals surface area contributed by atoms with E-state index in [1.54, 1.807) is 6.07 Å². The second kappa shape index (κ2) is 5.26. The topological polar surface area (TPSA) is 47.3 Å². The summed E-state index contributed by atoms with van der Waals surface area (Å²) in [5.74, 6) is -0.384. The minimum Gasteiger partial charge on any atom is -0.395 e. The summed E-state index contributed by atoms with van der Waals surface area (Å²) in [4.78, 5) is 2.15. The van der Waals surface area contributed by atoms with Crippen molar-refractivity contribution in [3.8, 4) is 6.07 Å². The van der Waals surface area contributed by atoms with Gasteiger partial charge in [-0.15, -0.1) is 0 Å². The molecule has 0 radical (unpaired) electrons. The highest BCUT2D eigenvalue weighted by molar-refractivity contribution is 5.37. The molecular formula is C13H15FN2O. The van der Waals surface area contributed by atoms with E-state index < -0.39 is 0 Å². The Morgan fingerprint density at radius 2 is 2.35 bits per heavy atom. The zero-order valence-electron chi connectivity index (χ0n) is 9.56. The van der Waals surface area contributed by atoms with E-state index in [0.717, 1.165) is 24.9 Å². The maximum Gasteiger partial charge on any atom is 0.124 e. The molecule has 1 aliphatic rings. The molecule has 2 rings (SSSR count). The van der Waals surface area contributed by atoms with Gasteiger partial charge in [0.2, 0.25) is 0 Å². The zero-order valence-corrected chi connectivity index (χ0v) is 9.56. The predicted molar refractivity (Wildman–Crippen MR) is 61.6 cm³/mol. The molecule has 1 fully saturated rings. The monoisotopic (exact) mass is 234 g/mol. The third kappa shape index (κ3) is 2.63. The lowest BCUT2D eigenvalue weighted by molar-refractivity contribution is 0.153. The third-order valence-corrected chi connectivity index (χ3v) is 3.28. The number of rotatable bonds is 3. The lowest BCUT2D eigenvalue weighted by atomic mass is 10.1. The smallest absolute Gasteiger partial charge is 0.124 e. The number of nitriles is 1. The summed E-state index contributed by atoms with van der Waals surface area (Å²) in [5.41, 5.74) is 1.21. The Labute approximate surface area is 100 Å². The Morgan fingerprint density at radius 1 is 1.53 bits per heavy atom. The van der Waals surface area contributed by atoms with E-state index in [9.17, 15) is 9.50 Å².